The van der Waals surface area contributed by atoms with E-state index in [0.29, 0.717) is 23.5 Å². The number of hydrogen-bond donors (Lipinski definition) is 0. The fourth-order valence-corrected chi connectivity index (χ4v) is 6.52. The second-order valence-electron chi connectivity index (χ2n) is 8.60. The van der Waals surface area contributed by atoms with Crippen LogP contribution in [0.5, 0.6) is 0 Å². The topological polar surface area (TPSA) is 58.4 Å². The Balaban J connectivity index is 1.63. The van der Waals surface area contributed by atoms with Crippen molar-refractivity contribution in [2.45, 2.75) is 69.6 Å². The van der Waals surface area contributed by atoms with Crippen LogP contribution >= 0.6 is 23.1 Å². The van der Waals surface area contributed by atoms with Crippen molar-refractivity contribution >= 4 is 39.2 Å². The molecule has 0 unspecified atom stereocenters. The van der Waals surface area contributed by atoms with Gasteiger partial charge in [-0.15, -0.1) is 11.3 Å². The first-order valence-corrected chi connectivity index (χ1v) is 12.9. The minimum Gasteiger partial charge on any atom is -0.339 e. The van der Waals surface area contributed by atoms with E-state index in [-0.39, 0.29) is 11.5 Å². The van der Waals surface area contributed by atoms with Gasteiger partial charge in [0.1, 0.15) is 4.83 Å². The summed E-state index contributed by atoms with van der Waals surface area (Å²) in [4.78, 5) is 37.5. The number of rotatable bonds is 9. The summed E-state index contributed by atoms with van der Waals surface area (Å²) >= 11 is 3.12. The number of thiophene rings is 1. The minimum absolute atomic E-state index is 0.0858. The van der Waals surface area contributed by atoms with Crippen LogP contribution in [0.1, 0.15) is 49.5 Å². The molecule has 1 saturated carbocycles. The smallest absolute Gasteiger partial charge is 0.263 e. The van der Waals surface area contributed by atoms with Gasteiger partial charge in [-0.05, 0) is 78.1 Å². The fourth-order valence-electron chi connectivity index (χ4n) is 4.31. The van der Waals surface area contributed by atoms with Crippen LogP contribution in [-0.4, -0.2) is 64.2 Å². The van der Waals surface area contributed by atoms with Gasteiger partial charge in [0.25, 0.3) is 5.56 Å². The maximum atomic E-state index is 13.5. The first-order valence-electron chi connectivity index (χ1n) is 11.1. The Morgan fingerprint density at radius 2 is 2.03 bits per heavy atom. The van der Waals surface area contributed by atoms with E-state index in [2.05, 4.69) is 4.90 Å². The molecule has 0 saturated heterocycles. The molecular formula is C22H32N4O2S2. The lowest BCUT2D eigenvalue weighted by atomic mass is 9.97. The normalized spacial score (nSPS) is 16.3. The van der Waals surface area contributed by atoms with Crippen LogP contribution < -0.4 is 5.56 Å². The number of fused-ring (bicyclic) bond motifs is 3. The molecule has 2 aromatic heterocycles. The molecule has 0 N–H and O–H groups in total. The number of aromatic nitrogens is 2. The van der Waals surface area contributed by atoms with Crippen molar-refractivity contribution in [3.63, 3.8) is 0 Å². The molecule has 2 aliphatic carbocycles. The minimum atomic E-state index is 0.0858. The molecule has 0 aromatic carbocycles. The summed E-state index contributed by atoms with van der Waals surface area (Å²) in [6.07, 6.45) is 7.51. The molecule has 4 rings (SSSR count). The number of nitrogens with zero attached hydrogens (tertiary/aromatic N) is 4. The molecule has 164 valence electrons. The molecule has 6 nitrogen and oxygen atoms in total. The van der Waals surface area contributed by atoms with E-state index in [1.165, 1.54) is 28.6 Å². The van der Waals surface area contributed by atoms with E-state index in [1.807, 2.05) is 30.5 Å². The third-order valence-corrected chi connectivity index (χ3v) is 8.15. The van der Waals surface area contributed by atoms with Crippen molar-refractivity contribution < 1.29 is 4.79 Å². The molecule has 0 radical (unpaired) electrons. The average molecular weight is 449 g/mol. The lowest BCUT2D eigenvalue weighted by molar-refractivity contribution is -0.128. The van der Waals surface area contributed by atoms with Gasteiger partial charge in [0.2, 0.25) is 5.91 Å². The van der Waals surface area contributed by atoms with Crippen LogP contribution in [0.25, 0.3) is 10.2 Å². The molecule has 30 heavy (non-hydrogen) atoms. The Labute approximate surface area is 186 Å². The maximum Gasteiger partial charge on any atom is 0.263 e. The number of thioether (sulfide) groups is 1. The van der Waals surface area contributed by atoms with Crippen molar-refractivity contribution in [3.8, 4) is 0 Å². The SMILES string of the molecule is CCN(C(=O)CSc1nc2sc3c(c2c(=O)n1CCCN(C)C)CCCC3)C1CC1. The number of aryl methyl sites for hydroxylation is 2. The van der Waals surface area contributed by atoms with Crippen LogP contribution in [-0.2, 0) is 24.2 Å². The Kier molecular flexibility index (Phi) is 6.85. The highest BCUT2D eigenvalue weighted by Crippen LogP contribution is 2.35. The standard InChI is InChI=1S/C22H32N4O2S2/c1-4-25(15-10-11-15)18(27)14-29-22-23-20-19(16-8-5-6-9-17(16)30-20)21(28)26(22)13-7-12-24(2)3/h15H,4-14H2,1-3H3. The summed E-state index contributed by atoms with van der Waals surface area (Å²) in [6.45, 7) is 4.35. The highest BCUT2D eigenvalue weighted by molar-refractivity contribution is 7.99. The quantitative estimate of drug-likeness (QED) is 0.435. The van der Waals surface area contributed by atoms with Gasteiger partial charge in [0.15, 0.2) is 5.16 Å². The summed E-state index contributed by atoms with van der Waals surface area (Å²) in [5, 5.41) is 1.54. The third kappa shape index (κ3) is 4.60. The van der Waals surface area contributed by atoms with E-state index in [1.54, 1.807) is 11.3 Å². The van der Waals surface area contributed by atoms with Crippen LogP contribution in [0.15, 0.2) is 9.95 Å². The molecule has 2 aromatic rings. The predicted octanol–water partition coefficient (Wildman–Crippen LogP) is 3.39. The summed E-state index contributed by atoms with van der Waals surface area (Å²) in [5.41, 5.74) is 1.32. The van der Waals surface area contributed by atoms with Crippen molar-refractivity contribution in [2.24, 2.45) is 0 Å². The van der Waals surface area contributed by atoms with Gasteiger partial charge in [-0.25, -0.2) is 4.98 Å². The van der Waals surface area contributed by atoms with Crippen molar-refractivity contribution in [1.82, 2.24) is 19.4 Å². The fraction of sp³-hybridized carbons (Fsp3) is 0.682. The molecule has 0 bridgehead atoms. The summed E-state index contributed by atoms with van der Waals surface area (Å²) in [6, 6.07) is 0.421. The number of carbonyl (C=O) groups excluding carboxylic acids is 1. The van der Waals surface area contributed by atoms with Crippen LogP contribution in [0.2, 0.25) is 0 Å². The van der Waals surface area contributed by atoms with E-state index >= 15 is 0 Å². The monoisotopic (exact) mass is 448 g/mol. The molecule has 1 amide bonds. The van der Waals surface area contributed by atoms with Crippen molar-refractivity contribution in [1.29, 1.82) is 0 Å². The molecular weight excluding hydrogens is 416 g/mol. The second kappa shape index (κ2) is 9.40. The Morgan fingerprint density at radius 3 is 2.73 bits per heavy atom. The van der Waals surface area contributed by atoms with E-state index in [0.717, 1.165) is 61.8 Å². The number of hydrogen-bond acceptors (Lipinski definition) is 6. The van der Waals surface area contributed by atoms with E-state index in [9.17, 15) is 9.59 Å². The lowest BCUT2D eigenvalue weighted by Gasteiger charge is -2.20. The average Bonchev–Trinajstić information content (AvgIpc) is 3.47. The van der Waals surface area contributed by atoms with E-state index < -0.39 is 0 Å². The van der Waals surface area contributed by atoms with Crippen molar-refractivity contribution in [2.75, 3.05) is 32.9 Å². The molecule has 0 atom stereocenters. The molecule has 8 heteroatoms. The highest BCUT2D eigenvalue weighted by Gasteiger charge is 2.31. The lowest BCUT2D eigenvalue weighted by Crippen LogP contribution is -2.34. The maximum absolute atomic E-state index is 13.5. The largest absolute Gasteiger partial charge is 0.339 e. The first kappa shape index (κ1) is 21.8. The van der Waals surface area contributed by atoms with Gasteiger partial charge < -0.3 is 9.80 Å². The summed E-state index contributed by atoms with van der Waals surface area (Å²) in [7, 11) is 4.09. The first-order chi connectivity index (χ1) is 14.5. The number of amides is 1. The Morgan fingerprint density at radius 1 is 1.27 bits per heavy atom. The molecule has 2 heterocycles. The van der Waals surface area contributed by atoms with Gasteiger partial charge in [0, 0.05) is 24.0 Å². The van der Waals surface area contributed by atoms with Crippen LogP contribution in [0, 0.1) is 0 Å². The molecule has 1 fully saturated rings. The van der Waals surface area contributed by atoms with Gasteiger partial charge in [-0.2, -0.15) is 0 Å². The summed E-state index contributed by atoms with van der Waals surface area (Å²) in [5.74, 6) is 0.505. The van der Waals surface area contributed by atoms with Gasteiger partial charge in [0.05, 0.1) is 11.1 Å². The van der Waals surface area contributed by atoms with E-state index in [4.69, 9.17) is 4.98 Å². The summed E-state index contributed by atoms with van der Waals surface area (Å²) < 4.78 is 1.83. The zero-order valence-corrected chi connectivity index (χ0v) is 19.9. The van der Waals surface area contributed by atoms with Crippen LogP contribution in [0.3, 0.4) is 0 Å². The Hall–Kier alpha value is -1.38. The van der Waals surface area contributed by atoms with Gasteiger partial charge in [-0.3, -0.25) is 14.2 Å². The highest BCUT2D eigenvalue weighted by atomic mass is 32.2. The molecule has 2 aliphatic rings. The van der Waals surface area contributed by atoms with Gasteiger partial charge >= 0.3 is 0 Å². The van der Waals surface area contributed by atoms with Crippen LogP contribution in [0.4, 0.5) is 0 Å². The van der Waals surface area contributed by atoms with Gasteiger partial charge in [-0.1, -0.05) is 11.8 Å². The Bertz CT molecular complexity index is 978. The predicted molar refractivity (Wildman–Crippen MR) is 125 cm³/mol. The third-order valence-electron chi connectivity index (χ3n) is 6.00. The number of carbonyl (C=O) groups is 1. The zero-order valence-electron chi connectivity index (χ0n) is 18.3. The zero-order chi connectivity index (χ0) is 21.3. The van der Waals surface area contributed by atoms with Crippen molar-refractivity contribution in [3.05, 3.63) is 20.8 Å². The second-order valence-corrected chi connectivity index (χ2v) is 10.6. The molecule has 0 spiro atoms. The molecule has 0 aliphatic heterocycles.